The van der Waals surface area contributed by atoms with Crippen LogP contribution in [0.2, 0.25) is 0 Å². The third-order valence-electron chi connectivity index (χ3n) is 7.22. The molecular weight excluding hydrogens is 496 g/mol. The maximum absolute atomic E-state index is 15.0. The molecule has 202 valence electrons. The SMILES string of the molecule is CCCCCOc1ccc(C(=O)Oc2ccc(-c3ccc(C4CCC(C)CC4)c(F)c3F)cc2)c(F)c1F. The summed E-state index contributed by atoms with van der Waals surface area (Å²) >= 11 is 0. The zero-order valence-electron chi connectivity index (χ0n) is 21.7. The van der Waals surface area contributed by atoms with Gasteiger partial charge in [-0.05, 0) is 66.5 Å². The molecule has 38 heavy (non-hydrogen) atoms. The van der Waals surface area contributed by atoms with Crippen molar-refractivity contribution in [3.63, 3.8) is 0 Å². The Balaban J connectivity index is 1.44. The van der Waals surface area contributed by atoms with E-state index in [1.165, 1.54) is 30.3 Å². The largest absolute Gasteiger partial charge is 0.490 e. The predicted molar refractivity (Wildman–Crippen MR) is 139 cm³/mol. The van der Waals surface area contributed by atoms with E-state index in [1.54, 1.807) is 12.1 Å². The van der Waals surface area contributed by atoms with Crippen LogP contribution >= 0.6 is 0 Å². The summed E-state index contributed by atoms with van der Waals surface area (Å²) in [5.74, 6) is -5.04. The first-order chi connectivity index (χ1) is 18.3. The number of carbonyl (C=O) groups excluding carboxylic acids is 1. The molecule has 4 rings (SSSR count). The van der Waals surface area contributed by atoms with E-state index in [0.717, 1.165) is 44.6 Å². The van der Waals surface area contributed by atoms with Crippen molar-refractivity contribution < 1.29 is 31.8 Å². The van der Waals surface area contributed by atoms with Crippen LogP contribution in [-0.4, -0.2) is 12.6 Å². The van der Waals surface area contributed by atoms with Gasteiger partial charge in [0.05, 0.1) is 12.2 Å². The van der Waals surface area contributed by atoms with E-state index in [2.05, 4.69) is 6.92 Å². The lowest BCUT2D eigenvalue weighted by Gasteiger charge is -2.27. The number of unbranched alkanes of at least 4 members (excludes halogenated alkanes) is 2. The molecule has 3 aromatic rings. The maximum atomic E-state index is 15.0. The van der Waals surface area contributed by atoms with Crippen molar-refractivity contribution in [2.24, 2.45) is 5.92 Å². The fraction of sp³-hybridized carbons (Fsp3) is 0.387. The van der Waals surface area contributed by atoms with Crippen molar-refractivity contribution >= 4 is 5.97 Å². The van der Waals surface area contributed by atoms with Crippen LogP contribution < -0.4 is 9.47 Å². The van der Waals surface area contributed by atoms with Crippen molar-refractivity contribution in [1.82, 2.24) is 0 Å². The highest BCUT2D eigenvalue weighted by atomic mass is 19.2. The van der Waals surface area contributed by atoms with Crippen LogP contribution in [0, 0.1) is 29.2 Å². The quantitative estimate of drug-likeness (QED) is 0.120. The van der Waals surface area contributed by atoms with Gasteiger partial charge in [-0.2, -0.15) is 4.39 Å². The molecule has 0 atom stereocenters. The summed E-state index contributed by atoms with van der Waals surface area (Å²) in [5.41, 5.74) is 0.325. The Morgan fingerprint density at radius 3 is 2.21 bits per heavy atom. The summed E-state index contributed by atoms with van der Waals surface area (Å²) < 4.78 is 69.3. The third-order valence-corrected chi connectivity index (χ3v) is 7.22. The van der Waals surface area contributed by atoms with Gasteiger partial charge in [0.2, 0.25) is 5.82 Å². The molecule has 0 spiro atoms. The maximum Gasteiger partial charge on any atom is 0.346 e. The number of benzene rings is 3. The Labute approximate surface area is 220 Å². The van der Waals surface area contributed by atoms with Crippen LogP contribution in [0.5, 0.6) is 11.5 Å². The Hall–Kier alpha value is -3.35. The van der Waals surface area contributed by atoms with Gasteiger partial charge >= 0.3 is 5.97 Å². The zero-order chi connectivity index (χ0) is 27.2. The smallest absolute Gasteiger partial charge is 0.346 e. The van der Waals surface area contributed by atoms with Gasteiger partial charge in [-0.3, -0.25) is 0 Å². The van der Waals surface area contributed by atoms with Gasteiger partial charge in [-0.15, -0.1) is 0 Å². The van der Waals surface area contributed by atoms with Gasteiger partial charge in [0.15, 0.2) is 23.2 Å². The Morgan fingerprint density at radius 1 is 0.816 bits per heavy atom. The highest BCUT2D eigenvalue weighted by Gasteiger charge is 2.25. The lowest BCUT2D eigenvalue weighted by Crippen LogP contribution is -2.13. The molecule has 0 heterocycles. The topological polar surface area (TPSA) is 35.5 Å². The third kappa shape index (κ3) is 6.20. The average Bonchev–Trinajstić information content (AvgIpc) is 2.91. The van der Waals surface area contributed by atoms with Gasteiger partial charge in [-0.25, -0.2) is 18.0 Å². The second kappa shape index (κ2) is 12.5. The first-order valence-corrected chi connectivity index (χ1v) is 13.2. The van der Waals surface area contributed by atoms with Crippen LogP contribution in [0.15, 0.2) is 48.5 Å². The van der Waals surface area contributed by atoms with Crippen LogP contribution in [-0.2, 0) is 0 Å². The Bertz CT molecular complexity index is 1270. The Morgan fingerprint density at radius 2 is 1.53 bits per heavy atom. The van der Waals surface area contributed by atoms with E-state index in [-0.39, 0.29) is 29.6 Å². The molecule has 3 aromatic carbocycles. The van der Waals surface area contributed by atoms with Crippen molar-refractivity contribution in [3.8, 4) is 22.6 Å². The molecule has 0 saturated heterocycles. The molecule has 0 radical (unpaired) electrons. The molecular formula is C31H32F4O3. The van der Waals surface area contributed by atoms with Gasteiger partial charge < -0.3 is 9.47 Å². The Kier molecular flexibility index (Phi) is 9.08. The molecule has 0 amide bonds. The van der Waals surface area contributed by atoms with Crippen LogP contribution in [0.1, 0.15) is 80.6 Å². The second-order valence-electron chi connectivity index (χ2n) is 10.00. The number of hydrogen-bond donors (Lipinski definition) is 0. The molecule has 0 bridgehead atoms. The number of halogens is 4. The minimum Gasteiger partial charge on any atom is -0.490 e. The molecule has 0 aromatic heterocycles. The van der Waals surface area contributed by atoms with E-state index in [1.807, 2.05) is 6.92 Å². The summed E-state index contributed by atoms with van der Waals surface area (Å²) in [6.45, 7) is 4.43. The highest BCUT2D eigenvalue weighted by Crippen LogP contribution is 2.39. The molecule has 7 heteroatoms. The van der Waals surface area contributed by atoms with Crippen molar-refractivity contribution in [2.45, 2.75) is 64.7 Å². The molecule has 3 nitrogen and oxygen atoms in total. The molecule has 1 saturated carbocycles. The van der Waals surface area contributed by atoms with Gasteiger partial charge in [-0.1, -0.05) is 63.8 Å². The fourth-order valence-corrected chi connectivity index (χ4v) is 4.87. The molecule has 1 aliphatic rings. The van der Waals surface area contributed by atoms with E-state index < -0.39 is 34.8 Å². The molecule has 0 N–H and O–H groups in total. The standard InChI is InChI=1S/C31H32F4O3/c1-3-4-5-18-37-26-17-16-25(29(34)30(26)35)31(36)38-22-12-10-21(11-13-22)24-15-14-23(27(32)28(24)33)20-8-6-19(2)7-9-20/h10-17,19-20H,3-9,18H2,1-2H3. The van der Waals surface area contributed by atoms with Crippen molar-refractivity contribution in [3.05, 3.63) is 82.9 Å². The summed E-state index contributed by atoms with van der Waals surface area (Å²) in [6, 6.07) is 11.3. The highest BCUT2D eigenvalue weighted by molar-refractivity contribution is 5.91. The number of ether oxygens (including phenoxy) is 2. The molecule has 1 fully saturated rings. The first-order valence-electron chi connectivity index (χ1n) is 13.2. The lowest BCUT2D eigenvalue weighted by molar-refractivity contribution is 0.0728. The van der Waals surface area contributed by atoms with Gasteiger partial charge in [0.25, 0.3) is 0 Å². The minimum atomic E-state index is -1.36. The van der Waals surface area contributed by atoms with Crippen molar-refractivity contribution in [2.75, 3.05) is 6.61 Å². The summed E-state index contributed by atoms with van der Waals surface area (Å²) in [5, 5.41) is 0. The van der Waals surface area contributed by atoms with Crippen LogP contribution in [0.25, 0.3) is 11.1 Å². The summed E-state index contributed by atoms with van der Waals surface area (Å²) in [4.78, 5) is 12.5. The summed E-state index contributed by atoms with van der Waals surface area (Å²) in [7, 11) is 0. The van der Waals surface area contributed by atoms with E-state index >= 15 is 0 Å². The normalized spacial score (nSPS) is 17.3. The van der Waals surface area contributed by atoms with Gasteiger partial charge in [0, 0.05) is 5.56 Å². The van der Waals surface area contributed by atoms with Gasteiger partial charge in [0.1, 0.15) is 5.75 Å². The van der Waals surface area contributed by atoms with Crippen LogP contribution in [0.4, 0.5) is 17.6 Å². The number of carbonyl (C=O) groups is 1. The second-order valence-corrected chi connectivity index (χ2v) is 10.00. The fourth-order valence-electron chi connectivity index (χ4n) is 4.87. The molecule has 0 aliphatic heterocycles. The van der Waals surface area contributed by atoms with Crippen LogP contribution in [0.3, 0.4) is 0 Å². The predicted octanol–water partition coefficient (Wildman–Crippen LogP) is 8.99. The number of rotatable bonds is 9. The lowest BCUT2D eigenvalue weighted by atomic mass is 9.79. The summed E-state index contributed by atoms with van der Waals surface area (Å²) in [6.07, 6.45) is 6.26. The van der Waals surface area contributed by atoms with E-state index in [0.29, 0.717) is 23.5 Å². The molecule has 1 aliphatic carbocycles. The number of esters is 1. The molecule has 0 unspecified atom stereocenters. The van der Waals surface area contributed by atoms with E-state index in [4.69, 9.17) is 9.47 Å². The zero-order valence-corrected chi connectivity index (χ0v) is 21.7. The van der Waals surface area contributed by atoms with E-state index in [9.17, 15) is 22.4 Å². The number of hydrogen-bond acceptors (Lipinski definition) is 3. The minimum absolute atomic E-state index is 0.0171. The average molecular weight is 529 g/mol. The van der Waals surface area contributed by atoms with Crippen molar-refractivity contribution in [1.29, 1.82) is 0 Å². The monoisotopic (exact) mass is 528 g/mol. The first kappa shape index (κ1) is 27.7.